The fraction of sp³-hybridized carbons (Fsp3) is 0.500. The molecule has 0 radical (unpaired) electrons. The van der Waals surface area contributed by atoms with Crippen LogP contribution in [0.1, 0.15) is 26.3 Å². The van der Waals surface area contributed by atoms with Gasteiger partial charge in [0, 0.05) is 11.4 Å². The summed E-state index contributed by atoms with van der Waals surface area (Å²) in [6.45, 7) is 6.65. The van der Waals surface area contributed by atoms with Crippen LogP contribution in [-0.4, -0.2) is 17.0 Å². The molecule has 1 atom stereocenters. The average molecular weight is 248 g/mol. The first-order valence-corrected chi connectivity index (χ1v) is 7.24. The Balaban J connectivity index is 2.09. The Kier molecular flexibility index (Phi) is 4.11. The number of nitrogens with zero attached hydrogens (tertiary/aromatic N) is 1. The maximum atomic E-state index is 4.73. The van der Waals surface area contributed by atoms with E-state index in [0.717, 1.165) is 17.3 Å². The molecule has 1 aliphatic heterocycles. The van der Waals surface area contributed by atoms with E-state index in [0.29, 0.717) is 12.0 Å². The van der Waals surface area contributed by atoms with Crippen LogP contribution in [0.25, 0.3) is 0 Å². The minimum absolute atomic E-state index is 0.469. The van der Waals surface area contributed by atoms with Gasteiger partial charge < -0.3 is 5.32 Å². The van der Waals surface area contributed by atoms with Crippen molar-refractivity contribution >= 4 is 22.6 Å². The zero-order valence-electron chi connectivity index (χ0n) is 10.7. The van der Waals surface area contributed by atoms with Gasteiger partial charge in [-0.05, 0) is 24.0 Å². The molecule has 0 bridgehead atoms. The van der Waals surface area contributed by atoms with Gasteiger partial charge in [0.2, 0.25) is 0 Å². The second-order valence-electron chi connectivity index (χ2n) is 4.69. The first-order valence-electron chi connectivity index (χ1n) is 6.26. The Hall–Kier alpha value is -0.960. The molecule has 1 aliphatic rings. The molecule has 1 aromatic carbocycles. The highest BCUT2D eigenvalue weighted by molar-refractivity contribution is 8.14. The Morgan fingerprint density at radius 3 is 2.82 bits per heavy atom. The summed E-state index contributed by atoms with van der Waals surface area (Å²) in [4.78, 5) is 4.73. The molecule has 1 aromatic rings. The van der Waals surface area contributed by atoms with Crippen LogP contribution in [0, 0.1) is 5.92 Å². The third kappa shape index (κ3) is 3.03. The van der Waals surface area contributed by atoms with Gasteiger partial charge in [0.05, 0.1) is 6.04 Å². The molecule has 17 heavy (non-hydrogen) atoms. The largest absolute Gasteiger partial charge is 0.335 e. The number of nitrogens with one attached hydrogen (secondary N) is 1. The zero-order valence-corrected chi connectivity index (χ0v) is 11.6. The summed E-state index contributed by atoms with van der Waals surface area (Å²) in [5.74, 6) is 1.73. The highest BCUT2D eigenvalue weighted by atomic mass is 32.2. The maximum absolute atomic E-state index is 4.73. The third-order valence-corrected chi connectivity index (χ3v) is 4.07. The van der Waals surface area contributed by atoms with Gasteiger partial charge >= 0.3 is 0 Å². The minimum Gasteiger partial charge on any atom is -0.335 e. The minimum atomic E-state index is 0.469. The molecule has 1 N–H and O–H groups in total. The summed E-state index contributed by atoms with van der Waals surface area (Å²) in [6.07, 6.45) is 1.05. The second kappa shape index (κ2) is 5.58. The van der Waals surface area contributed by atoms with E-state index in [4.69, 9.17) is 4.99 Å². The number of para-hydroxylation sites is 1. The van der Waals surface area contributed by atoms with Gasteiger partial charge in [-0.1, -0.05) is 50.7 Å². The number of aliphatic imine (C=N–C) groups is 1. The van der Waals surface area contributed by atoms with Crippen molar-refractivity contribution in [2.24, 2.45) is 10.9 Å². The summed E-state index contributed by atoms with van der Waals surface area (Å²) in [7, 11) is 0. The summed E-state index contributed by atoms with van der Waals surface area (Å²) in [5.41, 5.74) is 2.55. The van der Waals surface area contributed by atoms with E-state index in [-0.39, 0.29) is 0 Å². The molecule has 1 heterocycles. The summed E-state index contributed by atoms with van der Waals surface area (Å²) in [6, 6.07) is 8.93. The van der Waals surface area contributed by atoms with Crippen molar-refractivity contribution in [1.29, 1.82) is 0 Å². The first kappa shape index (κ1) is 12.5. The van der Waals surface area contributed by atoms with Crippen LogP contribution in [0.15, 0.2) is 29.3 Å². The van der Waals surface area contributed by atoms with Crippen LogP contribution in [0.5, 0.6) is 0 Å². The lowest BCUT2D eigenvalue weighted by Crippen LogP contribution is -2.12. The van der Waals surface area contributed by atoms with Crippen LogP contribution in [0.2, 0.25) is 0 Å². The number of hydrogen-bond donors (Lipinski definition) is 1. The fourth-order valence-electron chi connectivity index (χ4n) is 1.87. The average Bonchev–Trinajstić information content (AvgIpc) is 2.78. The number of aryl methyl sites for hydroxylation is 1. The second-order valence-corrected chi connectivity index (χ2v) is 5.70. The summed E-state index contributed by atoms with van der Waals surface area (Å²) in [5, 5.41) is 4.53. The smallest absolute Gasteiger partial charge is 0.161 e. The van der Waals surface area contributed by atoms with E-state index in [2.05, 4.69) is 50.4 Å². The van der Waals surface area contributed by atoms with E-state index in [1.165, 1.54) is 11.3 Å². The Morgan fingerprint density at radius 1 is 1.41 bits per heavy atom. The predicted molar refractivity (Wildman–Crippen MR) is 78.0 cm³/mol. The van der Waals surface area contributed by atoms with Crippen molar-refractivity contribution < 1.29 is 0 Å². The van der Waals surface area contributed by atoms with Gasteiger partial charge in [0.1, 0.15) is 0 Å². The van der Waals surface area contributed by atoms with Crippen molar-refractivity contribution in [3.63, 3.8) is 0 Å². The number of amidine groups is 1. The van der Waals surface area contributed by atoms with Crippen molar-refractivity contribution in [1.82, 2.24) is 0 Å². The lowest BCUT2D eigenvalue weighted by Gasteiger charge is -2.10. The normalized spacial score (nSPS) is 19.5. The molecule has 92 valence electrons. The Labute approximate surface area is 108 Å². The topological polar surface area (TPSA) is 24.4 Å². The molecule has 0 aliphatic carbocycles. The highest BCUT2D eigenvalue weighted by Gasteiger charge is 2.21. The van der Waals surface area contributed by atoms with Gasteiger partial charge in [0.15, 0.2) is 5.17 Å². The van der Waals surface area contributed by atoms with E-state index >= 15 is 0 Å². The highest BCUT2D eigenvalue weighted by Crippen LogP contribution is 2.25. The van der Waals surface area contributed by atoms with Crippen molar-refractivity contribution in [2.75, 3.05) is 11.1 Å². The molecule has 0 aromatic heterocycles. The molecule has 0 fully saturated rings. The lowest BCUT2D eigenvalue weighted by molar-refractivity contribution is 0.543. The van der Waals surface area contributed by atoms with E-state index in [1.807, 2.05) is 11.8 Å². The van der Waals surface area contributed by atoms with Crippen LogP contribution in [-0.2, 0) is 6.42 Å². The number of rotatable bonds is 3. The molecule has 0 unspecified atom stereocenters. The summed E-state index contributed by atoms with van der Waals surface area (Å²) < 4.78 is 0. The molecule has 0 saturated heterocycles. The van der Waals surface area contributed by atoms with Crippen LogP contribution in [0.4, 0.5) is 5.69 Å². The van der Waals surface area contributed by atoms with Gasteiger partial charge in [-0.25, -0.2) is 0 Å². The van der Waals surface area contributed by atoms with Crippen LogP contribution in [0.3, 0.4) is 0 Å². The molecule has 3 heteroatoms. The van der Waals surface area contributed by atoms with Crippen molar-refractivity contribution in [3.8, 4) is 0 Å². The van der Waals surface area contributed by atoms with Crippen molar-refractivity contribution in [2.45, 2.75) is 33.2 Å². The number of anilines is 1. The standard InChI is InChI=1S/C14H20N2S/c1-4-11-7-5-6-8-12(11)15-14-16-13(9-17-14)10(2)3/h5-8,10,13H,4,9H2,1-3H3,(H,15,16)/t13-/m1/s1. The monoisotopic (exact) mass is 248 g/mol. The van der Waals surface area contributed by atoms with Crippen LogP contribution < -0.4 is 5.32 Å². The van der Waals surface area contributed by atoms with Gasteiger partial charge in [-0.3, -0.25) is 4.99 Å². The lowest BCUT2D eigenvalue weighted by atomic mass is 10.1. The maximum Gasteiger partial charge on any atom is 0.161 e. The Morgan fingerprint density at radius 2 is 2.18 bits per heavy atom. The predicted octanol–water partition coefficient (Wildman–Crippen LogP) is 3.79. The Bertz CT molecular complexity index is 412. The molecule has 0 saturated carbocycles. The summed E-state index contributed by atoms with van der Waals surface area (Å²) >= 11 is 1.83. The first-order chi connectivity index (χ1) is 8.20. The van der Waals surface area contributed by atoms with Crippen LogP contribution >= 0.6 is 11.8 Å². The molecule has 0 amide bonds. The molecule has 0 spiro atoms. The van der Waals surface area contributed by atoms with E-state index < -0.39 is 0 Å². The molecule has 2 nitrogen and oxygen atoms in total. The number of benzene rings is 1. The van der Waals surface area contributed by atoms with Gasteiger partial charge in [0.25, 0.3) is 0 Å². The van der Waals surface area contributed by atoms with E-state index in [9.17, 15) is 0 Å². The molecular formula is C14H20N2S. The van der Waals surface area contributed by atoms with Gasteiger partial charge in [-0.2, -0.15) is 0 Å². The van der Waals surface area contributed by atoms with E-state index in [1.54, 1.807) is 0 Å². The van der Waals surface area contributed by atoms with Crippen molar-refractivity contribution in [3.05, 3.63) is 29.8 Å². The number of hydrogen-bond acceptors (Lipinski definition) is 3. The quantitative estimate of drug-likeness (QED) is 0.880. The SMILES string of the molecule is CCc1ccccc1NC1=N[C@@H](C(C)C)CS1. The molecular weight excluding hydrogens is 228 g/mol. The fourth-order valence-corrected chi connectivity index (χ4v) is 3.05. The molecule has 2 rings (SSSR count). The van der Waals surface area contributed by atoms with Gasteiger partial charge in [-0.15, -0.1) is 0 Å². The third-order valence-electron chi connectivity index (χ3n) is 3.08. The number of thioether (sulfide) groups is 1. The zero-order chi connectivity index (χ0) is 12.3.